The molecule has 1 aromatic carbocycles. The molecular formula is C20H16ClF4N5. The first-order chi connectivity index (χ1) is 14.3. The number of alkyl halides is 3. The molecule has 2 aliphatic rings. The lowest BCUT2D eigenvalue weighted by Gasteiger charge is -2.21. The van der Waals surface area contributed by atoms with Gasteiger partial charge >= 0.3 is 6.18 Å². The molecule has 0 radical (unpaired) electrons. The smallest absolute Gasteiger partial charge is 0.350 e. The van der Waals surface area contributed by atoms with Crippen molar-refractivity contribution in [3.63, 3.8) is 0 Å². The van der Waals surface area contributed by atoms with Gasteiger partial charge < -0.3 is 10.6 Å². The zero-order valence-electron chi connectivity index (χ0n) is 15.5. The van der Waals surface area contributed by atoms with Crippen LogP contribution in [-0.4, -0.2) is 15.8 Å². The second-order valence-corrected chi connectivity index (χ2v) is 7.42. The van der Waals surface area contributed by atoms with E-state index in [4.69, 9.17) is 11.6 Å². The summed E-state index contributed by atoms with van der Waals surface area (Å²) in [5, 5.41) is 6.54. The van der Waals surface area contributed by atoms with E-state index in [-0.39, 0.29) is 24.0 Å². The molecule has 30 heavy (non-hydrogen) atoms. The van der Waals surface area contributed by atoms with Crippen LogP contribution in [0, 0.1) is 11.7 Å². The topological polar surface area (TPSA) is 62.2 Å². The van der Waals surface area contributed by atoms with Crippen LogP contribution < -0.4 is 10.6 Å². The zero-order chi connectivity index (χ0) is 21.3. The number of aliphatic imine (C=N–C) groups is 1. The van der Waals surface area contributed by atoms with Crippen molar-refractivity contribution in [1.29, 1.82) is 0 Å². The number of anilines is 1. The Bertz CT molecular complexity index is 1040. The third-order valence-electron chi connectivity index (χ3n) is 4.86. The van der Waals surface area contributed by atoms with Crippen molar-refractivity contribution in [3.05, 3.63) is 76.1 Å². The summed E-state index contributed by atoms with van der Waals surface area (Å²) in [6.45, 7) is -0.171. The molecule has 0 spiro atoms. The fourth-order valence-corrected chi connectivity index (χ4v) is 3.54. The number of amidine groups is 1. The predicted octanol–water partition coefficient (Wildman–Crippen LogP) is 4.77. The molecule has 5 nitrogen and oxygen atoms in total. The summed E-state index contributed by atoms with van der Waals surface area (Å²) < 4.78 is 52.5. The van der Waals surface area contributed by atoms with E-state index >= 15 is 0 Å². The molecule has 1 atom stereocenters. The first kappa shape index (κ1) is 20.3. The lowest BCUT2D eigenvalue weighted by molar-refractivity contribution is -0.140. The minimum absolute atomic E-state index is 0.101. The van der Waals surface area contributed by atoms with E-state index in [1.54, 1.807) is 24.8 Å². The summed E-state index contributed by atoms with van der Waals surface area (Å²) in [6, 6.07) is 3.16. The van der Waals surface area contributed by atoms with Gasteiger partial charge in [-0.2, -0.15) is 13.2 Å². The van der Waals surface area contributed by atoms with Crippen molar-refractivity contribution in [1.82, 2.24) is 15.3 Å². The van der Waals surface area contributed by atoms with Crippen molar-refractivity contribution in [2.75, 3.05) is 5.32 Å². The van der Waals surface area contributed by atoms with Crippen LogP contribution in [0.3, 0.4) is 0 Å². The summed E-state index contributed by atoms with van der Waals surface area (Å²) in [7, 11) is 0. The molecule has 0 saturated carbocycles. The quantitative estimate of drug-likeness (QED) is 0.661. The average Bonchev–Trinajstić information content (AvgIpc) is 3.09. The third kappa shape index (κ3) is 4.30. The number of rotatable bonds is 5. The van der Waals surface area contributed by atoms with Crippen LogP contribution in [0.15, 0.2) is 58.6 Å². The molecule has 0 fully saturated rings. The minimum atomic E-state index is -4.75. The number of fused-ring (bicyclic) bond motifs is 1. The van der Waals surface area contributed by atoms with Gasteiger partial charge in [0.25, 0.3) is 0 Å². The Labute approximate surface area is 174 Å². The van der Waals surface area contributed by atoms with Gasteiger partial charge in [0, 0.05) is 47.9 Å². The molecule has 0 bridgehead atoms. The summed E-state index contributed by atoms with van der Waals surface area (Å²) in [5.41, 5.74) is 0.517. The Morgan fingerprint density at radius 3 is 2.70 bits per heavy atom. The molecule has 1 unspecified atom stereocenters. The SMILES string of the molecule is Fc1c(CNc2ncc(CC3=CN=C4NC=C(Cl)CC34)cn2)cccc1C(F)(F)F. The summed E-state index contributed by atoms with van der Waals surface area (Å²) in [5.74, 6) is -0.147. The molecule has 2 aliphatic heterocycles. The second-order valence-electron chi connectivity index (χ2n) is 6.93. The molecule has 3 heterocycles. The monoisotopic (exact) mass is 437 g/mol. The van der Waals surface area contributed by atoms with E-state index < -0.39 is 17.6 Å². The highest BCUT2D eigenvalue weighted by molar-refractivity contribution is 6.30. The lowest BCUT2D eigenvalue weighted by atomic mass is 9.91. The Kier molecular flexibility index (Phi) is 5.46. The molecule has 1 aromatic heterocycles. The highest BCUT2D eigenvalue weighted by Crippen LogP contribution is 2.33. The lowest BCUT2D eigenvalue weighted by Crippen LogP contribution is -2.30. The molecule has 0 amide bonds. The van der Waals surface area contributed by atoms with Gasteiger partial charge in [-0.1, -0.05) is 23.7 Å². The predicted molar refractivity (Wildman–Crippen MR) is 105 cm³/mol. The van der Waals surface area contributed by atoms with Crippen LogP contribution in [-0.2, 0) is 19.1 Å². The zero-order valence-corrected chi connectivity index (χ0v) is 16.2. The highest BCUT2D eigenvalue weighted by atomic mass is 35.5. The van der Waals surface area contributed by atoms with Gasteiger partial charge in [-0.05, 0) is 30.0 Å². The number of allylic oxidation sites excluding steroid dienone is 1. The van der Waals surface area contributed by atoms with Crippen molar-refractivity contribution in [3.8, 4) is 0 Å². The van der Waals surface area contributed by atoms with Gasteiger partial charge in [0.2, 0.25) is 5.95 Å². The number of aromatic nitrogens is 2. The number of benzene rings is 1. The Morgan fingerprint density at radius 1 is 1.20 bits per heavy atom. The third-order valence-corrected chi connectivity index (χ3v) is 5.12. The average molecular weight is 438 g/mol. The van der Waals surface area contributed by atoms with Gasteiger partial charge in [-0.25, -0.2) is 19.4 Å². The van der Waals surface area contributed by atoms with Crippen LogP contribution in [0.4, 0.5) is 23.5 Å². The first-order valence-electron chi connectivity index (χ1n) is 9.08. The number of hydrogen-bond donors (Lipinski definition) is 2. The number of nitrogens with zero attached hydrogens (tertiary/aromatic N) is 3. The van der Waals surface area contributed by atoms with E-state index in [9.17, 15) is 17.6 Å². The minimum Gasteiger partial charge on any atom is -0.350 e. The summed E-state index contributed by atoms with van der Waals surface area (Å²) in [6.07, 6.45) is 3.29. The van der Waals surface area contributed by atoms with E-state index in [2.05, 4.69) is 25.6 Å². The van der Waals surface area contributed by atoms with Crippen LogP contribution in [0.5, 0.6) is 0 Å². The second kappa shape index (κ2) is 8.06. The van der Waals surface area contributed by atoms with Gasteiger partial charge in [0.15, 0.2) is 0 Å². The van der Waals surface area contributed by atoms with Crippen molar-refractivity contribution < 1.29 is 17.6 Å². The summed E-state index contributed by atoms with van der Waals surface area (Å²) >= 11 is 6.10. The highest BCUT2D eigenvalue weighted by Gasteiger charge is 2.34. The van der Waals surface area contributed by atoms with Gasteiger partial charge in [-0.3, -0.25) is 0 Å². The van der Waals surface area contributed by atoms with Gasteiger partial charge in [-0.15, -0.1) is 0 Å². The van der Waals surface area contributed by atoms with Crippen molar-refractivity contribution >= 4 is 23.4 Å². The van der Waals surface area contributed by atoms with E-state index in [1.165, 1.54) is 12.1 Å². The molecule has 4 rings (SSSR count). The van der Waals surface area contributed by atoms with E-state index in [0.717, 1.165) is 22.0 Å². The number of nitrogens with one attached hydrogen (secondary N) is 2. The molecular weight excluding hydrogens is 422 g/mol. The standard InChI is InChI=1S/C20H16ClF4N5/c21-14-5-15-13(9-26-18(15)27-10-14)4-11-6-28-19(29-7-11)30-8-12-2-1-3-16(17(12)22)20(23,24)25/h1-3,6-7,9-10,15H,4-5,8H2,(H,26,27)(H,28,29,30). The maximum atomic E-state index is 14.1. The molecule has 0 aliphatic carbocycles. The summed E-state index contributed by atoms with van der Waals surface area (Å²) in [4.78, 5) is 12.7. The fourth-order valence-electron chi connectivity index (χ4n) is 3.33. The molecule has 2 N–H and O–H groups in total. The van der Waals surface area contributed by atoms with Crippen LogP contribution in [0.25, 0.3) is 0 Å². The first-order valence-corrected chi connectivity index (χ1v) is 9.46. The van der Waals surface area contributed by atoms with Crippen LogP contribution >= 0.6 is 11.6 Å². The van der Waals surface area contributed by atoms with Crippen molar-refractivity contribution in [2.45, 2.75) is 25.6 Å². The molecule has 10 heteroatoms. The number of hydrogen-bond acceptors (Lipinski definition) is 5. The molecule has 156 valence electrons. The largest absolute Gasteiger partial charge is 0.419 e. The number of halogens is 5. The fraction of sp³-hybridized carbons (Fsp3) is 0.250. The Balaban J connectivity index is 1.38. The maximum Gasteiger partial charge on any atom is 0.419 e. The van der Waals surface area contributed by atoms with Crippen LogP contribution in [0.1, 0.15) is 23.1 Å². The Morgan fingerprint density at radius 2 is 1.97 bits per heavy atom. The van der Waals surface area contributed by atoms with E-state index in [0.29, 0.717) is 18.9 Å². The van der Waals surface area contributed by atoms with Gasteiger partial charge in [0.1, 0.15) is 11.7 Å². The van der Waals surface area contributed by atoms with Crippen LogP contribution in [0.2, 0.25) is 0 Å². The Hall–Kier alpha value is -2.94. The maximum absolute atomic E-state index is 14.1. The van der Waals surface area contributed by atoms with E-state index in [1.807, 2.05) is 0 Å². The molecule has 0 saturated heterocycles. The van der Waals surface area contributed by atoms with Crippen molar-refractivity contribution in [2.24, 2.45) is 10.9 Å². The van der Waals surface area contributed by atoms with Gasteiger partial charge in [0.05, 0.1) is 5.56 Å². The normalized spacial score (nSPS) is 18.2. The molecule has 2 aromatic rings.